The van der Waals surface area contributed by atoms with Crippen LogP contribution in [0.1, 0.15) is 54.7 Å². The van der Waals surface area contributed by atoms with Gasteiger partial charge in [-0.15, -0.1) is 0 Å². The van der Waals surface area contributed by atoms with Crippen LogP contribution in [0.5, 0.6) is 0 Å². The van der Waals surface area contributed by atoms with E-state index < -0.39 is 52.3 Å². The minimum absolute atomic E-state index is 0.00512. The molecule has 2 aliphatic rings. The molecule has 0 saturated heterocycles. The number of aromatic nitrogens is 1. The summed E-state index contributed by atoms with van der Waals surface area (Å²) in [6.45, 7) is 2.60. The number of alkyl halides is 1. The summed E-state index contributed by atoms with van der Waals surface area (Å²) in [5.74, 6) is -4.29. The lowest BCUT2D eigenvalue weighted by atomic mass is 9.77. The molecule has 1 heterocycles. The Hall–Kier alpha value is -3.46. The van der Waals surface area contributed by atoms with Gasteiger partial charge in [0.2, 0.25) is 0 Å². The fourth-order valence-corrected chi connectivity index (χ4v) is 6.64. The molecule has 1 aromatic heterocycles. The summed E-state index contributed by atoms with van der Waals surface area (Å²) in [7, 11) is 1.36. The van der Waals surface area contributed by atoms with E-state index in [4.69, 9.17) is 17.0 Å². The highest BCUT2D eigenvalue weighted by Crippen LogP contribution is 2.53. The fraction of sp³-hybridized carbons (Fsp3) is 0.400. The van der Waals surface area contributed by atoms with Crippen molar-refractivity contribution in [1.29, 1.82) is 5.41 Å². The second-order valence-corrected chi connectivity index (χ2v) is 12.1. The number of amides is 1. The first-order valence-electron chi connectivity index (χ1n) is 13.0. The molecule has 2 N–H and O–H groups in total. The summed E-state index contributed by atoms with van der Waals surface area (Å²) in [5, 5.41) is 8.54. The molecule has 40 heavy (non-hydrogen) atoms. The number of rotatable bonds is 7. The second kappa shape index (κ2) is 9.87. The van der Waals surface area contributed by atoms with E-state index in [0.717, 1.165) is 28.3 Å². The van der Waals surface area contributed by atoms with Crippen LogP contribution in [-0.4, -0.2) is 52.3 Å². The summed E-state index contributed by atoms with van der Waals surface area (Å²) < 4.78 is 43.0. The van der Waals surface area contributed by atoms with Gasteiger partial charge in [-0.2, -0.15) is 0 Å². The van der Waals surface area contributed by atoms with Gasteiger partial charge in [0.1, 0.15) is 28.8 Å². The lowest BCUT2D eigenvalue weighted by molar-refractivity contribution is -0.129. The number of nitrogens with one attached hydrogen (secondary N) is 2. The highest BCUT2D eigenvalue weighted by molar-refractivity contribution is 6.30. The van der Waals surface area contributed by atoms with E-state index in [9.17, 15) is 23.2 Å². The van der Waals surface area contributed by atoms with E-state index >= 15 is 4.39 Å². The third-order valence-electron chi connectivity index (χ3n) is 8.40. The summed E-state index contributed by atoms with van der Waals surface area (Å²) in [5.41, 5.74) is -1.25. The zero-order valence-corrected chi connectivity index (χ0v) is 23.0. The van der Waals surface area contributed by atoms with Crippen LogP contribution < -0.4 is 0 Å². The van der Waals surface area contributed by atoms with Crippen LogP contribution in [0.15, 0.2) is 36.4 Å². The van der Waals surface area contributed by atoms with Gasteiger partial charge in [0, 0.05) is 48.2 Å². The molecule has 1 saturated carbocycles. The molecule has 1 amide bonds. The molecule has 210 valence electrons. The molecule has 1 unspecified atom stereocenters. The average Bonchev–Trinajstić information content (AvgIpc) is 3.56. The Bertz CT molecular complexity index is 1560. The van der Waals surface area contributed by atoms with Crippen LogP contribution in [0, 0.1) is 28.9 Å². The molecule has 0 radical (unpaired) electrons. The number of aromatic amines is 1. The van der Waals surface area contributed by atoms with Crippen molar-refractivity contribution in [2.75, 3.05) is 7.05 Å². The SMILES string of the molecule is CN(C(=O)c1cc2c(F)cc(F)cc2[nH]1)[C@@H](CC(C)(C)F)C(=O)C1C[C@]2(C[C@H]1C=N)C(=O)Cc1ccc(Cl)cc12. The van der Waals surface area contributed by atoms with Crippen LogP contribution in [0.25, 0.3) is 10.9 Å². The molecule has 6 nitrogen and oxygen atoms in total. The molecule has 2 aliphatic carbocycles. The van der Waals surface area contributed by atoms with Gasteiger partial charge < -0.3 is 15.3 Å². The van der Waals surface area contributed by atoms with Crippen molar-refractivity contribution in [2.24, 2.45) is 11.8 Å². The molecule has 0 aliphatic heterocycles. The number of hydrogen-bond donors (Lipinski definition) is 2. The lowest BCUT2D eigenvalue weighted by Gasteiger charge is -2.33. The number of hydrogen-bond acceptors (Lipinski definition) is 4. The first-order valence-corrected chi connectivity index (χ1v) is 13.4. The van der Waals surface area contributed by atoms with Gasteiger partial charge in [-0.25, -0.2) is 13.2 Å². The Balaban J connectivity index is 1.49. The van der Waals surface area contributed by atoms with Crippen molar-refractivity contribution in [2.45, 2.75) is 56.7 Å². The zero-order valence-electron chi connectivity index (χ0n) is 22.3. The third-order valence-corrected chi connectivity index (χ3v) is 8.63. The molecule has 0 bridgehead atoms. The van der Waals surface area contributed by atoms with Gasteiger partial charge in [0.15, 0.2) is 5.78 Å². The predicted molar refractivity (Wildman–Crippen MR) is 146 cm³/mol. The van der Waals surface area contributed by atoms with E-state index in [1.54, 1.807) is 18.2 Å². The van der Waals surface area contributed by atoms with Crippen LogP contribution in [0.3, 0.4) is 0 Å². The first-order chi connectivity index (χ1) is 18.7. The smallest absolute Gasteiger partial charge is 0.270 e. The number of ketones is 2. The number of fused-ring (bicyclic) bond motifs is 3. The standard InChI is InChI=1S/C30H29ClF3N3O3/c1-29(2,34)13-25(37(3)28(40)24-10-19-22(33)8-18(32)9-23(19)36-24)27(39)20-12-30(11-16(20)14-35)21-7-17(31)5-4-15(21)6-26(30)38/h4-5,7-10,14,16,20,25,35-36H,6,11-13H2,1-3H3/t16-,20?,25-,30-/m0/s1. The third kappa shape index (κ3) is 4.74. The fourth-order valence-electron chi connectivity index (χ4n) is 6.47. The number of likely N-dealkylation sites (N-methyl/N-ethyl adjacent to an activating group) is 1. The van der Waals surface area contributed by atoms with E-state index in [0.29, 0.717) is 11.1 Å². The first kappa shape index (κ1) is 28.1. The van der Waals surface area contributed by atoms with Gasteiger partial charge in [-0.1, -0.05) is 17.7 Å². The van der Waals surface area contributed by atoms with Crippen molar-refractivity contribution < 1.29 is 27.6 Å². The summed E-state index contributed by atoms with van der Waals surface area (Å²) in [4.78, 5) is 44.8. The van der Waals surface area contributed by atoms with Crippen LogP contribution >= 0.6 is 11.6 Å². The van der Waals surface area contributed by atoms with Crippen molar-refractivity contribution in [1.82, 2.24) is 9.88 Å². The van der Waals surface area contributed by atoms with E-state index in [1.165, 1.54) is 27.0 Å². The van der Waals surface area contributed by atoms with Crippen molar-refractivity contribution in [3.63, 3.8) is 0 Å². The van der Waals surface area contributed by atoms with Gasteiger partial charge in [0.25, 0.3) is 5.91 Å². The molecule has 4 atom stereocenters. The summed E-state index contributed by atoms with van der Waals surface area (Å²) >= 11 is 6.25. The maximum Gasteiger partial charge on any atom is 0.270 e. The maximum atomic E-state index is 15.1. The van der Waals surface area contributed by atoms with Gasteiger partial charge in [-0.3, -0.25) is 14.4 Å². The Labute approximate surface area is 234 Å². The number of Topliss-reactive ketones (excluding diaryl/α,β-unsaturated/α-hetero) is 2. The zero-order chi connectivity index (χ0) is 29.1. The molecule has 5 rings (SSSR count). The van der Waals surface area contributed by atoms with E-state index in [-0.39, 0.29) is 48.1 Å². The molecular weight excluding hydrogens is 543 g/mol. The Morgan fingerprint density at radius 2 is 1.95 bits per heavy atom. The van der Waals surface area contributed by atoms with Crippen molar-refractivity contribution in [3.05, 3.63) is 69.9 Å². The largest absolute Gasteiger partial charge is 0.350 e. The topological polar surface area (TPSA) is 94.1 Å². The van der Waals surface area contributed by atoms with Gasteiger partial charge >= 0.3 is 0 Å². The number of H-pyrrole nitrogens is 1. The highest BCUT2D eigenvalue weighted by atomic mass is 35.5. The Morgan fingerprint density at radius 3 is 2.62 bits per heavy atom. The molecule has 2 aromatic carbocycles. The molecular formula is C30H29ClF3N3O3. The van der Waals surface area contributed by atoms with Crippen molar-refractivity contribution in [3.8, 4) is 0 Å². The van der Waals surface area contributed by atoms with E-state index in [1.807, 2.05) is 0 Å². The highest BCUT2D eigenvalue weighted by Gasteiger charge is 2.57. The summed E-state index contributed by atoms with van der Waals surface area (Å²) in [6, 6.07) is 7.00. The normalized spacial score (nSPS) is 23.0. The summed E-state index contributed by atoms with van der Waals surface area (Å²) in [6.07, 6.45) is 1.40. The van der Waals surface area contributed by atoms with Crippen LogP contribution in [0.4, 0.5) is 13.2 Å². The minimum Gasteiger partial charge on any atom is -0.350 e. The molecule has 1 fully saturated rings. The van der Waals surface area contributed by atoms with Crippen LogP contribution in [0.2, 0.25) is 5.02 Å². The van der Waals surface area contributed by atoms with Crippen LogP contribution in [-0.2, 0) is 21.4 Å². The average molecular weight is 572 g/mol. The van der Waals surface area contributed by atoms with Crippen molar-refractivity contribution >= 4 is 46.2 Å². The van der Waals surface area contributed by atoms with Gasteiger partial charge in [0.05, 0.1) is 17.0 Å². The molecule has 10 heteroatoms. The second-order valence-electron chi connectivity index (χ2n) is 11.6. The van der Waals surface area contributed by atoms with Gasteiger partial charge in [-0.05, 0) is 68.3 Å². The number of halogens is 4. The quantitative estimate of drug-likeness (QED) is 0.341. The monoisotopic (exact) mass is 571 g/mol. The maximum absolute atomic E-state index is 15.1. The van der Waals surface area contributed by atoms with E-state index in [2.05, 4.69) is 4.98 Å². The molecule has 3 aromatic rings. The number of benzene rings is 2. The number of carbonyl (C=O) groups is 3. The Morgan fingerprint density at radius 1 is 1.23 bits per heavy atom. The number of nitrogens with zero attached hydrogens (tertiary/aromatic N) is 1. The molecule has 1 spiro atoms. The predicted octanol–water partition coefficient (Wildman–Crippen LogP) is 5.99. The Kier molecular flexibility index (Phi) is 6.93. The number of carbonyl (C=O) groups excluding carboxylic acids is 3. The lowest BCUT2D eigenvalue weighted by Crippen LogP contribution is -2.48. The minimum atomic E-state index is -1.84.